The number of hydrogen-bond donors (Lipinski definition) is 2. The molecule has 2 aromatic carbocycles. The molecule has 1 unspecified atom stereocenters. The molecule has 28 heavy (non-hydrogen) atoms. The second-order valence-electron chi connectivity index (χ2n) is 6.91. The number of hydrogen-bond acceptors (Lipinski definition) is 3. The van der Waals surface area contributed by atoms with Crippen molar-refractivity contribution in [1.82, 2.24) is 4.90 Å². The van der Waals surface area contributed by atoms with Gasteiger partial charge in [0.2, 0.25) is 5.91 Å². The summed E-state index contributed by atoms with van der Waals surface area (Å²) in [6.45, 7) is 3.86. The summed E-state index contributed by atoms with van der Waals surface area (Å²) in [5.41, 5.74) is 0.836. The van der Waals surface area contributed by atoms with Crippen molar-refractivity contribution in [2.45, 2.75) is 6.10 Å². The number of halogens is 1. The Labute approximate surface area is 170 Å². The van der Waals surface area contributed by atoms with Crippen molar-refractivity contribution < 1.29 is 19.5 Å². The number of benzene rings is 2. The molecule has 0 aromatic heterocycles. The van der Waals surface area contributed by atoms with E-state index < -0.39 is 6.10 Å². The van der Waals surface area contributed by atoms with E-state index in [2.05, 4.69) is 0 Å². The number of rotatable bonds is 7. The number of ether oxygens (including phenoxy) is 1. The molecule has 0 spiro atoms. The number of carbonyl (C=O) groups excluding carboxylic acids is 1. The molecule has 1 aliphatic rings. The normalized spacial score (nSPS) is 16.3. The molecule has 1 heterocycles. The van der Waals surface area contributed by atoms with Gasteiger partial charge in [0, 0.05) is 11.1 Å². The van der Waals surface area contributed by atoms with Crippen LogP contribution in [0, 0.1) is 0 Å². The summed E-state index contributed by atoms with van der Waals surface area (Å²) in [7, 11) is 0. The van der Waals surface area contributed by atoms with Crippen LogP contribution in [0.25, 0.3) is 6.08 Å². The highest BCUT2D eigenvalue weighted by Gasteiger charge is 2.24. The summed E-state index contributed by atoms with van der Waals surface area (Å²) in [5.74, 6) is 0.754. The lowest BCUT2D eigenvalue weighted by molar-refractivity contribution is -0.907. The molecular formula is C22H26ClN2O3+. The van der Waals surface area contributed by atoms with Crippen molar-refractivity contribution in [3.63, 3.8) is 0 Å². The number of piperazine rings is 1. The Morgan fingerprint density at radius 3 is 2.54 bits per heavy atom. The van der Waals surface area contributed by atoms with Crippen LogP contribution >= 0.6 is 11.6 Å². The Morgan fingerprint density at radius 2 is 1.82 bits per heavy atom. The zero-order chi connectivity index (χ0) is 19.8. The van der Waals surface area contributed by atoms with E-state index >= 15 is 0 Å². The predicted molar refractivity (Wildman–Crippen MR) is 111 cm³/mol. The number of nitrogens with one attached hydrogen (secondary N) is 1. The lowest BCUT2D eigenvalue weighted by Gasteiger charge is -2.32. The van der Waals surface area contributed by atoms with Gasteiger partial charge in [-0.25, -0.2) is 0 Å². The Balaban J connectivity index is 1.40. The molecule has 1 aliphatic heterocycles. The van der Waals surface area contributed by atoms with Crippen LogP contribution in [0.3, 0.4) is 0 Å². The molecule has 1 saturated heterocycles. The molecule has 5 nitrogen and oxygen atoms in total. The van der Waals surface area contributed by atoms with E-state index in [1.165, 1.54) is 4.90 Å². The van der Waals surface area contributed by atoms with Gasteiger partial charge in [-0.05, 0) is 29.8 Å². The number of aliphatic hydroxyl groups is 1. The Bertz CT molecular complexity index is 789. The largest absolute Gasteiger partial charge is 0.491 e. The lowest BCUT2D eigenvalue weighted by Crippen LogP contribution is -3.15. The molecule has 0 bridgehead atoms. The molecule has 148 valence electrons. The van der Waals surface area contributed by atoms with Crippen molar-refractivity contribution >= 4 is 23.6 Å². The molecule has 0 saturated carbocycles. The van der Waals surface area contributed by atoms with Crippen LogP contribution in [0.15, 0.2) is 60.7 Å². The van der Waals surface area contributed by atoms with E-state index in [9.17, 15) is 9.90 Å². The maximum atomic E-state index is 12.4. The minimum atomic E-state index is -0.530. The van der Waals surface area contributed by atoms with Crippen molar-refractivity contribution in [1.29, 1.82) is 0 Å². The van der Waals surface area contributed by atoms with E-state index in [1.54, 1.807) is 18.2 Å². The van der Waals surface area contributed by atoms with Crippen LogP contribution in [0.5, 0.6) is 5.75 Å². The first kappa shape index (κ1) is 20.4. The van der Waals surface area contributed by atoms with Gasteiger partial charge >= 0.3 is 0 Å². The van der Waals surface area contributed by atoms with E-state index in [1.807, 2.05) is 53.4 Å². The first-order valence-electron chi connectivity index (χ1n) is 9.53. The van der Waals surface area contributed by atoms with Crippen molar-refractivity contribution in [2.75, 3.05) is 39.3 Å². The molecule has 2 aromatic rings. The van der Waals surface area contributed by atoms with Crippen LogP contribution in [0.1, 0.15) is 5.56 Å². The highest BCUT2D eigenvalue weighted by atomic mass is 35.5. The Hall–Kier alpha value is -2.34. The fraction of sp³-hybridized carbons (Fsp3) is 0.318. The number of amides is 1. The molecule has 2 N–H and O–H groups in total. The summed E-state index contributed by atoms with van der Waals surface area (Å²) >= 11 is 6.11. The van der Waals surface area contributed by atoms with E-state index in [-0.39, 0.29) is 12.5 Å². The zero-order valence-corrected chi connectivity index (χ0v) is 16.5. The molecule has 3 rings (SSSR count). The van der Waals surface area contributed by atoms with Gasteiger partial charge in [-0.15, -0.1) is 0 Å². The molecule has 1 atom stereocenters. The van der Waals surface area contributed by atoms with Gasteiger partial charge in [-0.1, -0.05) is 48.0 Å². The fourth-order valence-corrected chi connectivity index (χ4v) is 3.42. The van der Waals surface area contributed by atoms with Gasteiger partial charge in [-0.2, -0.15) is 0 Å². The second-order valence-corrected chi connectivity index (χ2v) is 7.32. The Kier molecular flexibility index (Phi) is 7.48. The van der Waals surface area contributed by atoms with Crippen LogP contribution in [0.2, 0.25) is 5.02 Å². The highest BCUT2D eigenvalue weighted by Crippen LogP contribution is 2.16. The maximum absolute atomic E-state index is 12.4. The third-order valence-electron chi connectivity index (χ3n) is 4.80. The van der Waals surface area contributed by atoms with E-state index in [4.69, 9.17) is 16.3 Å². The number of quaternary nitrogens is 1. The number of aliphatic hydroxyl groups excluding tert-OH is 1. The van der Waals surface area contributed by atoms with Crippen molar-refractivity contribution in [2.24, 2.45) is 0 Å². The topological polar surface area (TPSA) is 54.2 Å². The highest BCUT2D eigenvalue weighted by molar-refractivity contribution is 6.32. The predicted octanol–water partition coefficient (Wildman–Crippen LogP) is 1.52. The minimum absolute atomic E-state index is 0.00747. The van der Waals surface area contributed by atoms with Crippen LogP contribution < -0.4 is 9.64 Å². The van der Waals surface area contributed by atoms with E-state index in [0.717, 1.165) is 24.4 Å². The van der Waals surface area contributed by atoms with E-state index in [0.29, 0.717) is 24.7 Å². The molecule has 1 amide bonds. The van der Waals surface area contributed by atoms with Gasteiger partial charge in [0.15, 0.2) is 0 Å². The monoisotopic (exact) mass is 401 g/mol. The number of carbonyl (C=O) groups is 1. The van der Waals surface area contributed by atoms with Crippen molar-refractivity contribution in [3.8, 4) is 5.75 Å². The molecule has 6 heteroatoms. The van der Waals surface area contributed by atoms with Gasteiger partial charge in [0.05, 0.1) is 26.2 Å². The quantitative estimate of drug-likeness (QED) is 0.692. The third kappa shape index (κ3) is 6.09. The van der Waals surface area contributed by atoms with Gasteiger partial charge in [0.1, 0.15) is 25.0 Å². The molecular weight excluding hydrogens is 376 g/mol. The minimum Gasteiger partial charge on any atom is -0.491 e. The summed E-state index contributed by atoms with van der Waals surface area (Å²) < 4.78 is 5.60. The summed E-state index contributed by atoms with van der Waals surface area (Å²) in [4.78, 5) is 15.5. The first-order valence-corrected chi connectivity index (χ1v) is 9.90. The second kappa shape index (κ2) is 10.3. The van der Waals surface area contributed by atoms with Gasteiger partial charge < -0.3 is 19.6 Å². The van der Waals surface area contributed by atoms with Crippen LogP contribution in [-0.2, 0) is 4.79 Å². The average molecular weight is 402 g/mol. The summed E-state index contributed by atoms with van der Waals surface area (Å²) in [5, 5.41) is 10.9. The van der Waals surface area contributed by atoms with Crippen molar-refractivity contribution in [3.05, 3.63) is 71.3 Å². The summed E-state index contributed by atoms with van der Waals surface area (Å²) in [6, 6.07) is 16.9. The molecule has 0 radical (unpaired) electrons. The average Bonchev–Trinajstić information content (AvgIpc) is 2.73. The van der Waals surface area contributed by atoms with Gasteiger partial charge in [0.25, 0.3) is 0 Å². The third-order valence-corrected chi connectivity index (χ3v) is 5.15. The maximum Gasteiger partial charge on any atom is 0.246 e. The SMILES string of the molecule is O=C(C=Cc1ccccc1Cl)N1CC[NH+](CC(O)COc2ccccc2)CC1. The Morgan fingerprint density at radius 1 is 1.14 bits per heavy atom. The smallest absolute Gasteiger partial charge is 0.246 e. The fourth-order valence-electron chi connectivity index (χ4n) is 3.23. The number of para-hydroxylation sites is 1. The molecule has 0 aliphatic carbocycles. The first-order chi connectivity index (χ1) is 13.6. The zero-order valence-electron chi connectivity index (χ0n) is 15.8. The van der Waals surface area contributed by atoms with Gasteiger partial charge in [-0.3, -0.25) is 4.79 Å². The van der Waals surface area contributed by atoms with Crippen LogP contribution in [0.4, 0.5) is 0 Å². The number of nitrogens with zero attached hydrogens (tertiary/aromatic N) is 1. The standard InChI is InChI=1S/C22H25ClN2O3/c23-21-9-5-4-6-18(21)10-11-22(27)25-14-12-24(13-15-25)16-19(26)17-28-20-7-2-1-3-8-20/h1-11,19,26H,12-17H2/p+1. The summed E-state index contributed by atoms with van der Waals surface area (Å²) in [6.07, 6.45) is 2.81. The van der Waals surface area contributed by atoms with Crippen LogP contribution in [-0.4, -0.2) is 61.3 Å². The molecule has 1 fully saturated rings. The lowest BCUT2D eigenvalue weighted by atomic mass is 10.2.